The van der Waals surface area contributed by atoms with Crippen LogP contribution in [-0.2, 0) is 9.53 Å². The van der Waals surface area contributed by atoms with Crippen molar-refractivity contribution in [3.63, 3.8) is 0 Å². The Morgan fingerprint density at radius 1 is 0.933 bits per heavy atom. The van der Waals surface area contributed by atoms with E-state index in [2.05, 4.69) is 12.1 Å². The maximum atomic E-state index is 12.5. The van der Waals surface area contributed by atoms with Crippen molar-refractivity contribution >= 4 is 35.2 Å². The van der Waals surface area contributed by atoms with Crippen LogP contribution in [0.1, 0.15) is 10.8 Å². The summed E-state index contributed by atoms with van der Waals surface area (Å²) in [4.78, 5) is 25.7. The van der Waals surface area contributed by atoms with E-state index in [9.17, 15) is 14.9 Å². The molecule has 4 rings (SSSR count). The van der Waals surface area contributed by atoms with E-state index in [0.717, 1.165) is 26.5 Å². The van der Waals surface area contributed by atoms with Gasteiger partial charge in [0.1, 0.15) is 0 Å². The highest BCUT2D eigenvalue weighted by Crippen LogP contribution is 2.47. The molecular formula is C23H17NO4S2. The molecule has 0 fully saturated rings. The lowest BCUT2D eigenvalue weighted by molar-refractivity contribution is -0.384. The van der Waals surface area contributed by atoms with Gasteiger partial charge in [0.05, 0.1) is 22.2 Å². The average molecular weight is 436 g/mol. The van der Waals surface area contributed by atoms with Crippen molar-refractivity contribution in [2.75, 3.05) is 7.11 Å². The van der Waals surface area contributed by atoms with Gasteiger partial charge in [-0.05, 0) is 34.9 Å². The lowest BCUT2D eigenvalue weighted by atomic mass is 10.1. The summed E-state index contributed by atoms with van der Waals surface area (Å²) in [7, 11) is 1.37. The van der Waals surface area contributed by atoms with E-state index in [4.69, 9.17) is 4.74 Å². The van der Waals surface area contributed by atoms with Crippen LogP contribution in [0.2, 0.25) is 0 Å². The molecule has 3 aromatic carbocycles. The first-order valence-electron chi connectivity index (χ1n) is 9.14. The molecule has 30 heavy (non-hydrogen) atoms. The third-order valence-corrected chi connectivity index (χ3v) is 7.03. The molecule has 0 amide bonds. The van der Waals surface area contributed by atoms with Gasteiger partial charge in [-0.2, -0.15) is 0 Å². The van der Waals surface area contributed by atoms with Gasteiger partial charge in [0, 0.05) is 21.9 Å². The smallest absolute Gasteiger partial charge is 0.344 e. The van der Waals surface area contributed by atoms with Crippen molar-refractivity contribution in [1.82, 2.24) is 0 Å². The first-order valence-corrected chi connectivity index (χ1v) is 10.8. The monoisotopic (exact) mass is 435 g/mol. The lowest BCUT2D eigenvalue weighted by Gasteiger charge is -2.16. The predicted molar refractivity (Wildman–Crippen MR) is 120 cm³/mol. The highest BCUT2D eigenvalue weighted by molar-refractivity contribution is 8.04. The summed E-state index contributed by atoms with van der Waals surface area (Å²) in [5, 5.41) is 10.8. The molecule has 1 aliphatic heterocycles. The lowest BCUT2D eigenvalue weighted by Crippen LogP contribution is -2.04. The number of nitro benzene ring substituents is 1. The molecule has 0 radical (unpaired) electrons. The summed E-state index contributed by atoms with van der Waals surface area (Å²) in [5.74, 6) is -0.409. The summed E-state index contributed by atoms with van der Waals surface area (Å²) >= 11 is 2.97. The van der Waals surface area contributed by atoms with Gasteiger partial charge in [-0.25, -0.2) is 4.79 Å². The minimum absolute atomic E-state index is 0.0335. The minimum Gasteiger partial charge on any atom is -0.465 e. The molecule has 0 aromatic heterocycles. The number of fused-ring (bicyclic) bond motifs is 3. The third kappa shape index (κ3) is 4.13. The molecule has 5 nitrogen and oxygen atoms in total. The fourth-order valence-corrected chi connectivity index (χ4v) is 5.55. The summed E-state index contributed by atoms with van der Waals surface area (Å²) in [5.41, 5.74) is 3.03. The second-order valence-corrected chi connectivity index (χ2v) is 8.77. The van der Waals surface area contributed by atoms with E-state index in [1.165, 1.54) is 31.0 Å². The van der Waals surface area contributed by atoms with Gasteiger partial charge in [-0.3, -0.25) is 10.1 Å². The Morgan fingerprint density at radius 2 is 1.53 bits per heavy atom. The number of esters is 1. The molecule has 1 unspecified atom stereocenters. The molecule has 0 bridgehead atoms. The Balaban J connectivity index is 1.87. The van der Waals surface area contributed by atoms with Gasteiger partial charge in [0.2, 0.25) is 0 Å². The minimum atomic E-state index is -0.419. The number of methoxy groups -OCH3 is 1. The highest BCUT2D eigenvalue weighted by Gasteiger charge is 2.23. The molecular weight excluding hydrogens is 418 g/mol. The van der Waals surface area contributed by atoms with Crippen molar-refractivity contribution in [3.05, 3.63) is 99.5 Å². The summed E-state index contributed by atoms with van der Waals surface area (Å²) in [6, 6.07) is 22.5. The van der Waals surface area contributed by atoms with Crippen LogP contribution in [0.4, 0.5) is 5.69 Å². The normalized spacial score (nSPS) is 17.2. The number of hydrogen-bond acceptors (Lipinski definition) is 6. The first-order chi connectivity index (χ1) is 14.6. The standard InChI is InChI=1S/C23H17NO4S2/c1-28-23(25)22-14-21(15-10-12-16(13-11-15)24(26)27)29-19-8-4-2-6-17(19)18-7-3-5-9-20(18)30-22/h2-14,21H,1H3/b22-14-. The van der Waals surface area contributed by atoms with E-state index < -0.39 is 10.9 Å². The Labute approximate surface area is 182 Å². The van der Waals surface area contributed by atoms with Crippen LogP contribution in [0.5, 0.6) is 0 Å². The number of hydrogen-bond donors (Lipinski definition) is 0. The van der Waals surface area contributed by atoms with Crippen LogP contribution in [0.25, 0.3) is 11.1 Å². The molecule has 1 heterocycles. The van der Waals surface area contributed by atoms with Crippen LogP contribution < -0.4 is 0 Å². The largest absolute Gasteiger partial charge is 0.465 e. The van der Waals surface area contributed by atoms with Crippen LogP contribution in [0, 0.1) is 10.1 Å². The number of carbonyl (C=O) groups is 1. The zero-order valence-corrected chi connectivity index (χ0v) is 17.6. The third-order valence-electron chi connectivity index (χ3n) is 4.66. The number of thioether (sulfide) groups is 2. The van der Waals surface area contributed by atoms with Gasteiger partial charge >= 0.3 is 5.97 Å². The Bertz CT molecular complexity index is 1140. The van der Waals surface area contributed by atoms with Gasteiger partial charge < -0.3 is 4.74 Å². The molecule has 0 N–H and O–H groups in total. The van der Waals surface area contributed by atoms with Gasteiger partial charge in [-0.15, -0.1) is 11.8 Å². The topological polar surface area (TPSA) is 69.4 Å². The summed E-state index contributed by atoms with van der Waals surface area (Å²) in [6.07, 6.45) is 1.88. The SMILES string of the molecule is COC(=O)/C1=C/C(c2ccc([N+](=O)[O-])cc2)Sc2ccccc2-c2ccccc2S1. The van der Waals surface area contributed by atoms with E-state index in [1.54, 1.807) is 23.9 Å². The average Bonchev–Trinajstić information content (AvgIpc) is 2.85. The highest BCUT2D eigenvalue weighted by atomic mass is 32.2. The van der Waals surface area contributed by atoms with Gasteiger partial charge in [-0.1, -0.05) is 60.3 Å². The predicted octanol–water partition coefficient (Wildman–Crippen LogP) is 6.26. The van der Waals surface area contributed by atoms with Crippen molar-refractivity contribution in [3.8, 4) is 11.1 Å². The summed E-state index contributed by atoms with van der Waals surface area (Å²) < 4.78 is 5.03. The molecule has 0 saturated carbocycles. The number of ether oxygens (including phenoxy) is 1. The molecule has 150 valence electrons. The molecule has 0 saturated heterocycles. The molecule has 1 atom stereocenters. The number of nitro groups is 1. The van der Waals surface area contributed by atoms with Crippen LogP contribution in [0.15, 0.2) is 93.6 Å². The molecule has 1 aliphatic rings. The Hall–Kier alpha value is -3.03. The number of nitrogens with zero attached hydrogens (tertiary/aromatic N) is 1. The first kappa shape index (κ1) is 20.3. The fraction of sp³-hybridized carbons (Fsp3) is 0.0870. The number of carbonyl (C=O) groups excluding carboxylic acids is 1. The van der Waals surface area contributed by atoms with Gasteiger partial charge in [0.25, 0.3) is 5.69 Å². The van der Waals surface area contributed by atoms with Crippen LogP contribution in [0.3, 0.4) is 0 Å². The van der Waals surface area contributed by atoms with Gasteiger partial charge in [0.15, 0.2) is 0 Å². The van der Waals surface area contributed by atoms with Crippen LogP contribution in [-0.4, -0.2) is 18.0 Å². The molecule has 0 spiro atoms. The Kier molecular flexibility index (Phi) is 5.92. The zero-order valence-electron chi connectivity index (χ0n) is 16.0. The zero-order chi connectivity index (χ0) is 21.1. The maximum Gasteiger partial charge on any atom is 0.344 e. The molecule has 3 aromatic rings. The second kappa shape index (κ2) is 8.77. The van der Waals surface area contributed by atoms with E-state index in [0.29, 0.717) is 4.91 Å². The molecule has 0 aliphatic carbocycles. The Morgan fingerprint density at radius 3 is 2.17 bits per heavy atom. The molecule has 7 heteroatoms. The van der Waals surface area contributed by atoms with Crippen molar-refractivity contribution < 1.29 is 14.5 Å². The summed E-state index contributed by atoms with van der Waals surface area (Å²) in [6.45, 7) is 0. The fourth-order valence-electron chi connectivity index (χ4n) is 3.19. The second-order valence-electron chi connectivity index (χ2n) is 6.50. The van der Waals surface area contributed by atoms with E-state index in [-0.39, 0.29) is 10.9 Å². The number of non-ortho nitro benzene ring substituents is 1. The van der Waals surface area contributed by atoms with Crippen molar-refractivity contribution in [1.29, 1.82) is 0 Å². The van der Waals surface area contributed by atoms with Crippen molar-refractivity contribution in [2.24, 2.45) is 0 Å². The quantitative estimate of drug-likeness (QED) is 0.275. The van der Waals surface area contributed by atoms with E-state index >= 15 is 0 Å². The maximum absolute atomic E-state index is 12.5. The van der Waals surface area contributed by atoms with Crippen LogP contribution >= 0.6 is 23.5 Å². The number of benzene rings is 3. The van der Waals surface area contributed by atoms with E-state index in [1.807, 2.05) is 42.5 Å². The van der Waals surface area contributed by atoms with Crippen molar-refractivity contribution in [2.45, 2.75) is 15.0 Å². The number of rotatable bonds is 3.